The van der Waals surface area contributed by atoms with E-state index in [1.54, 1.807) is 12.1 Å². The molecule has 1 saturated carbocycles. The van der Waals surface area contributed by atoms with Gasteiger partial charge < -0.3 is 15.8 Å². The van der Waals surface area contributed by atoms with Crippen molar-refractivity contribution in [1.82, 2.24) is 5.32 Å². The normalized spacial score (nSPS) is 22.2. The molecule has 1 aromatic rings. The van der Waals surface area contributed by atoms with Crippen LogP contribution in [0.4, 0.5) is 5.69 Å². The first-order chi connectivity index (χ1) is 9.69. The Morgan fingerprint density at radius 1 is 1.35 bits per heavy atom. The van der Waals surface area contributed by atoms with Gasteiger partial charge in [0.05, 0.1) is 5.69 Å². The van der Waals surface area contributed by atoms with Crippen LogP contribution >= 0.6 is 11.8 Å². The van der Waals surface area contributed by atoms with Crippen molar-refractivity contribution in [3.05, 3.63) is 24.3 Å². The Bertz CT molecular complexity index is 445. The van der Waals surface area contributed by atoms with E-state index in [1.807, 2.05) is 23.9 Å². The van der Waals surface area contributed by atoms with Crippen molar-refractivity contribution in [3.63, 3.8) is 0 Å². The Hall–Kier alpha value is -1.36. The zero-order valence-electron chi connectivity index (χ0n) is 11.8. The molecule has 0 radical (unpaired) electrons. The van der Waals surface area contributed by atoms with Crippen LogP contribution in [0.1, 0.15) is 25.7 Å². The summed E-state index contributed by atoms with van der Waals surface area (Å²) in [5.41, 5.74) is 6.32. The molecule has 1 aliphatic carbocycles. The Kier molecular flexibility index (Phi) is 5.59. The number of amides is 1. The number of carbonyl (C=O) groups excluding carboxylic acids is 1. The van der Waals surface area contributed by atoms with Gasteiger partial charge in [-0.1, -0.05) is 12.1 Å². The Morgan fingerprint density at radius 3 is 2.70 bits per heavy atom. The van der Waals surface area contributed by atoms with E-state index in [1.165, 1.54) is 12.8 Å². The molecule has 110 valence electrons. The highest BCUT2D eigenvalue weighted by Crippen LogP contribution is 2.26. The summed E-state index contributed by atoms with van der Waals surface area (Å²) in [4.78, 5) is 11.9. The maximum atomic E-state index is 11.9. The summed E-state index contributed by atoms with van der Waals surface area (Å²) in [6, 6.07) is 7.51. The fraction of sp³-hybridized carbons (Fsp3) is 0.533. The Balaban J connectivity index is 1.72. The summed E-state index contributed by atoms with van der Waals surface area (Å²) in [7, 11) is 0. The van der Waals surface area contributed by atoms with Crippen LogP contribution in [0.25, 0.3) is 0 Å². The van der Waals surface area contributed by atoms with Gasteiger partial charge in [0.25, 0.3) is 5.91 Å². The molecular formula is C15H22N2O2S. The highest BCUT2D eigenvalue weighted by atomic mass is 32.2. The standard InChI is InChI=1S/C15H22N2O2S/c1-20-12-8-6-11(7-9-12)17-15(18)10-19-14-5-3-2-4-13(14)16/h2-5,11-12H,6-10,16H2,1H3,(H,17,18). The quantitative estimate of drug-likeness (QED) is 0.819. The summed E-state index contributed by atoms with van der Waals surface area (Å²) in [5.74, 6) is 0.495. The van der Waals surface area contributed by atoms with Gasteiger partial charge in [0.15, 0.2) is 6.61 Å². The Morgan fingerprint density at radius 2 is 2.05 bits per heavy atom. The number of thioether (sulfide) groups is 1. The molecule has 1 aromatic carbocycles. The summed E-state index contributed by atoms with van der Waals surface area (Å²) in [6.45, 7) is 0.0245. The highest BCUT2D eigenvalue weighted by molar-refractivity contribution is 7.99. The molecule has 3 N–H and O–H groups in total. The molecule has 0 unspecified atom stereocenters. The van der Waals surface area contributed by atoms with Gasteiger partial charge in [0.1, 0.15) is 5.75 Å². The van der Waals surface area contributed by atoms with Crippen molar-refractivity contribution in [1.29, 1.82) is 0 Å². The SMILES string of the molecule is CSC1CCC(NC(=O)COc2ccccc2N)CC1. The van der Waals surface area contributed by atoms with Crippen LogP contribution in [0.3, 0.4) is 0 Å². The second-order valence-corrected chi connectivity index (χ2v) is 6.24. The monoisotopic (exact) mass is 294 g/mol. The van der Waals surface area contributed by atoms with E-state index in [0.717, 1.165) is 18.1 Å². The maximum absolute atomic E-state index is 11.9. The van der Waals surface area contributed by atoms with Crippen LogP contribution in [0.5, 0.6) is 5.75 Å². The third kappa shape index (κ3) is 4.34. The molecule has 1 amide bonds. The van der Waals surface area contributed by atoms with Gasteiger partial charge >= 0.3 is 0 Å². The smallest absolute Gasteiger partial charge is 0.258 e. The van der Waals surface area contributed by atoms with Gasteiger partial charge in [0.2, 0.25) is 0 Å². The largest absolute Gasteiger partial charge is 0.482 e. The molecule has 0 heterocycles. The van der Waals surface area contributed by atoms with E-state index in [4.69, 9.17) is 10.5 Å². The lowest BCUT2D eigenvalue weighted by Gasteiger charge is -2.28. The second kappa shape index (κ2) is 7.43. The van der Waals surface area contributed by atoms with E-state index < -0.39 is 0 Å². The van der Waals surface area contributed by atoms with Crippen LogP contribution < -0.4 is 15.8 Å². The fourth-order valence-electron chi connectivity index (χ4n) is 2.47. The summed E-state index contributed by atoms with van der Waals surface area (Å²) in [6.07, 6.45) is 6.63. The average molecular weight is 294 g/mol. The lowest BCUT2D eigenvalue weighted by atomic mass is 9.95. The fourth-order valence-corrected chi connectivity index (χ4v) is 3.21. The van der Waals surface area contributed by atoms with E-state index in [0.29, 0.717) is 17.5 Å². The molecule has 0 atom stereocenters. The average Bonchev–Trinajstić information content (AvgIpc) is 2.47. The van der Waals surface area contributed by atoms with Crippen LogP contribution in [0.2, 0.25) is 0 Å². The predicted molar refractivity (Wildman–Crippen MR) is 84.1 cm³/mol. The lowest BCUT2D eigenvalue weighted by Crippen LogP contribution is -2.40. The minimum atomic E-state index is -0.0687. The molecular weight excluding hydrogens is 272 g/mol. The third-order valence-electron chi connectivity index (χ3n) is 3.65. The number of carbonyl (C=O) groups is 1. The lowest BCUT2D eigenvalue weighted by molar-refractivity contribution is -0.124. The minimum Gasteiger partial charge on any atom is -0.482 e. The van der Waals surface area contributed by atoms with Crippen molar-refractivity contribution in [2.45, 2.75) is 37.0 Å². The third-order valence-corrected chi connectivity index (χ3v) is 4.79. The maximum Gasteiger partial charge on any atom is 0.258 e. The van der Waals surface area contributed by atoms with Crippen LogP contribution in [-0.2, 0) is 4.79 Å². The van der Waals surface area contributed by atoms with E-state index >= 15 is 0 Å². The number of hydrogen-bond acceptors (Lipinski definition) is 4. The molecule has 5 heteroatoms. The molecule has 2 rings (SSSR count). The Labute approximate surface area is 124 Å². The number of benzene rings is 1. The van der Waals surface area contributed by atoms with E-state index in [-0.39, 0.29) is 12.5 Å². The van der Waals surface area contributed by atoms with Crippen molar-refractivity contribution >= 4 is 23.4 Å². The van der Waals surface area contributed by atoms with Gasteiger partial charge in [-0.25, -0.2) is 0 Å². The molecule has 0 spiro atoms. The van der Waals surface area contributed by atoms with Gasteiger partial charge in [0, 0.05) is 11.3 Å². The number of nitrogens with two attached hydrogens (primary N) is 1. The number of ether oxygens (including phenoxy) is 1. The highest BCUT2D eigenvalue weighted by Gasteiger charge is 2.21. The van der Waals surface area contributed by atoms with Crippen molar-refractivity contribution in [2.24, 2.45) is 0 Å². The zero-order valence-corrected chi connectivity index (χ0v) is 12.6. The van der Waals surface area contributed by atoms with Gasteiger partial charge in [-0.15, -0.1) is 0 Å². The van der Waals surface area contributed by atoms with Crippen LogP contribution in [0, 0.1) is 0 Å². The predicted octanol–water partition coefficient (Wildman–Crippen LogP) is 2.44. The minimum absolute atomic E-state index is 0.0245. The number of hydrogen-bond donors (Lipinski definition) is 2. The van der Waals surface area contributed by atoms with Gasteiger partial charge in [-0.2, -0.15) is 11.8 Å². The van der Waals surface area contributed by atoms with Crippen molar-refractivity contribution in [3.8, 4) is 5.75 Å². The molecule has 1 fully saturated rings. The molecule has 0 bridgehead atoms. The molecule has 4 nitrogen and oxygen atoms in total. The van der Waals surface area contributed by atoms with Crippen LogP contribution in [0.15, 0.2) is 24.3 Å². The first-order valence-electron chi connectivity index (χ1n) is 6.98. The number of nitrogens with one attached hydrogen (secondary N) is 1. The number of rotatable bonds is 5. The van der Waals surface area contributed by atoms with Crippen molar-refractivity contribution < 1.29 is 9.53 Å². The van der Waals surface area contributed by atoms with E-state index in [2.05, 4.69) is 11.6 Å². The van der Waals surface area contributed by atoms with Crippen LogP contribution in [-0.4, -0.2) is 30.1 Å². The zero-order chi connectivity index (χ0) is 14.4. The van der Waals surface area contributed by atoms with Gasteiger partial charge in [-0.3, -0.25) is 4.79 Å². The van der Waals surface area contributed by atoms with Crippen molar-refractivity contribution in [2.75, 3.05) is 18.6 Å². The molecule has 0 aromatic heterocycles. The first kappa shape index (κ1) is 15.0. The second-order valence-electron chi connectivity index (χ2n) is 5.10. The van der Waals surface area contributed by atoms with Gasteiger partial charge in [-0.05, 0) is 44.1 Å². The number of nitrogen functional groups attached to an aromatic ring is 1. The van der Waals surface area contributed by atoms with E-state index in [9.17, 15) is 4.79 Å². The summed E-state index contributed by atoms with van der Waals surface area (Å²) < 4.78 is 5.44. The molecule has 1 aliphatic rings. The molecule has 20 heavy (non-hydrogen) atoms. The summed E-state index contributed by atoms with van der Waals surface area (Å²) in [5, 5.41) is 3.79. The first-order valence-corrected chi connectivity index (χ1v) is 8.27. The number of anilines is 1. The molecule has 0 aliphatic heterocycles. The number of para-hydroxylation sites is 2. The topological polar surface area (TPSA) is 64.3 Å². The molecule has 0 saturated heterocycles. The summed E-state index contributed by atoms with van der Waals surface area (Å²) >= 11 is 1.92.